The summed E-state index contributed by atoms with van der Waals surface area (Å²) in [4.78, 5) is 17.1. The number of amides is 1. The molecule has 0 atom stereocenters. The molecule has 1 aliphatic heterocycles. The van der Waals surface area contributed by atoms with E-state index < -0.39 is 10.0 Å². The van der Waals surface area contributed by atoms with Gasteiger partial charge >= 0.3 is 0 Å². The van der Waals surface area contributed by atoms with Crippen LogP contribution in [0, 0.1) is 6.92 Å². The first-order chi connectivity index (χ1) is 13.3. The zero-order chi connectivity index (χ0) is 20.3. The minimum atomic E-state index is -3.60. The predicted octanol–water partition coefficient (Wildman–Crippen LogP) is 2.91. The Hall–Kier alpha value is -2.09. The summed E-state index contributed by atoms with van der Waals surface area (Å²) in [7, 11) is -3.60. The number of halogens is 1. The van der Waals surface area contributed by atoms with Crippen LogP contribution in [-0.4, -0.2) is 51.9 Å². The second kappa shape index (κ2) is 8.51. The number of anilines is 1. The molecule has 150 valence electrons. The molecule has 1 saturated heterocycles. The first-order valence-electron chi connectivity index (χ1n) is 9.22. The highest BCUT2D eigenvalue weighted by atomic mass is 35.5. The van der Waals surface area contributed by atoms with E-state index in [0.29, 0.717) is 43.3 Å². The molecule has 0 radical (unpaired) electrons. The fourth-order valence-corrected chi connectivity index (χ4v) is 4.53. The van der Waals surface area contributed by atoms with Crippen LogP contribution in [0.2, 0.25) is 5.02 Å². The van der Waals surface area contributed by atoms with Crippen LogP contribution in [0.15, 0.2) is 47.4 Å². The van der Waals surface area contributed by atoms with Crippen molar-refractivity contribution in [3.8, 4) is 0 Å². The van der Waals surface area contributed by atoms with Gasteiger partial charge in [0.05, 0.1) is 4.90 Å². The highest BCUT2D eigenvalue weighted by Gasteiger charge is 2.25. The van der Waals surface area contributed by atoms with Crippen molar-refractivity contribution in [1.82, 2.24) is 9.62 Å². The Morgan fingerprint density at radius 2 is 1.82 bits per heavy atom. The van der Waals surface area contributed by atoms with Crippen molar-refractivity contribution in [3.05, 3.63) is 58.6 Å². The summed E-state index contributed by atoms with van der Waals surface area (Å²) in [6, 6.07) is 12.3. The second-order valence-electron chi connectivity index (χ2n) is 6.74. The van der Waals surface area contributed by atoms with Gasteiger partial charge in [0.2, 0.25) is 10.0 Å². The maximum absolute atomic E-state index is 13.0. The van der Waals surface area contributed by atoms with E-state index in [1.807, 2.05) is 31.2 Å². The van der Waals surface area contributed by atoms with Crippen molar-refractivity contribution in [2.24, 2.45) is 0 Å². The molecule has 2 aromatic carbocycles. The molecule has 0 aliphatic carbocycles. The number of benzene rings is 2. The molecule has 1 amide bonds. The molecule has 0 saturated carbocycles. The Morgan fingerprint density at radius 3 is 2.46 bits per heavy atom. The van der Waals surface area contributed by atoms with Gasteiger partial charge in [0.25, 0.3) is 5.91 Å². The first-order valence-corrected chi connectivity index (χ1v) is 11.1. The van der Waals surface area contributed by atoms with Crippen LogP contribution in [0.3, 0.4) is 0 Å². The second-order valence-corrected chi connectivity index (χ2v) is 8.94. The third kappa shape index (κ3) is 4.48. The van der Waals surface area contributed by atoms with Crippen LogP contribution in [0.4, 0.5) is 5.69 Å². The number of nitrogens with zero attached hydrogens (tertiary/aromatic N) is 2. The molecule has 8 heteroatoms. The molecule has 0 bridgehead atoms. The average molecular weight is 422 g/mol. The van der Waals surface area contributed by atoms with Crippen LogP contribution >= 0.6 is 11.6 Å². The average Bonchev–Trinajstić information content (AvgIpc) is 2.68. The lowest BCUT2D eigenvalue weighted by atomic mass is 10.1. The maximum Gasteiger partial charge on any atom is 0.254 e. The molecule has 28 heavy (non-hydrogen) atoms. The van der Waals surface area contributed by atoms with Crippen molar-refractivity contribution < 1.29 is 13.2 Å². The van der Waals surface area contributed by atoms with Crippen molar-refractivity contribution in [1.29, 1.82) is 0 Å². The molecule has 1 aliphatic rings. The summed E-state index contributed by atoms with van der Waals surface area (Å²) in [5.41, 5.74) is 2.22. The molecule has 0 spiro atoms. The number of piperazine rings is 1. The molecule has 0 unspecified atom stereocenters. The van der Waals surface area contributed by atoms with Crippen LogP contribution in [-0.2, 0) is 10.0 Å². The fraction of sp³-hybridized carbons (Fsp3) is 0.350. The summed E-state index contributed by atoms with van der Waals surface area (Å²) in [6.07, 6.45) is 0. The zero-order valence-electron chi connectivity index (χ0n) is 16.0. The SMILES string of the molecule is CCNS(=O)(=O)c1ccc(C)c(C(=O)N2CCN(c3cccc(Cl)c3)CC2)c1. The minimum absolute atomic E-state index is 0.112. The van der Waals surface area contributed by atoms with Gasteiger partial charge in [-0.1, -0.05) is 30.7 Å². The smallest absolute Gasteiger partial charge is 0.254 e. The van der Waals surface area contributed by atoms with Crippen molar-refractivity contribution in [3.63, 3.8) is 0 Å². The lowest BCUT2D eigenvalue weighted by Crippen LogP contribution is -2.49. The number of sulfonamides is 1. The maximum atomic E-state index is 13.0. The molecule has 1 heterocycles. The molecular weight excluding hydrogens is 398 g/mol. The van der Waals surface area contributed by atoms with Crippen LogP contribution in [0.25, 0.3) is 0 Å². The van der Waals surface area contributed by atoms with Crippen LogP contribution in [0.5, 0.6) is 0 Å². The topological polar surface area (TPSA) is 69.7 Å². The number of hydrogen-bond acceptors (Lipinski definition) is 4. The van der Waals surface area contributed by atoms with Gasteiger partial charge in [0, 0.05) is 49.0 Å². The lowest BCUT2D eigenvalue weighted by Gasteiger charge is -2.36. The zero-order valence-corrected chi connectivity index (χ0v) is 17.6. The predicted molar refractivity (Wildman–Crippen MR) is 112 cm³/mol. The van der Waals surface area contributed by atoms with E-state index in [-0.39, 0.29) is 10.8 Å². The lowest BCUT2D eigenvalue weighted by molar-refractivity contribution is 0.0746. The van der Waals surface area contributed by atoms with Gasteiger partial charge in [0.1, 0.15) is 0 Å². The third-order valence-corrected chi connectivity index (χ3v) is 6.60. The van der Waals surface area contributed by atoms with Crippen LogP contribution < -0.4 is 9.62 Å². The Kier molecular flexibility index (Phi) is 6.27. The van der Waals surface area contributed by atoms with E-state index in [1.165, 1.54) is 12.1 Å². The summed E-state index contributed by atoms with van der Waals surface area (Å²) in [5.74, 6) is -0.142. The van der Waals surface area contributed by atoms with Crippen molar-refractivity contribution in [2.75, 3.05) is 37.6 Å². The Balaban J connectivity index is 1.75. The molecule has 3 rings (SSSR count). The van der Waals surface area contributed by atoms with Gasteiger partial charge in [-0.15, -0.1) is 0 Å². The van der Waals surface area contributed by atoms with Gasteiger partial charge < -0.3 is 9.80 Å². The normalized spacial score (nSPS) is 15.0. The number of aryl methyl sites for hydroxylation is 1. The number of nitrogens with one attached hydrogen (secondary N) is 1. The summed E-state index contributed by atoms with van der Waals surface area (Å²) < 4.78 is 27.0. The molecule has 2 aromatic rings. The van der Waals surface area contributed by atoms with Gasteiger partial charge in [-0.05, 0) is 42.8 Å². The Bertz CT molecular complexity index is 970. The molecule has 0 aromatic heterocycles. The van der Waals surface area contributed by atoms with E-state index in [9.17, 15) is 13.2 Å². The van der Waals surface area contributed by atoms with E-state index in [1.54, 1.807) is 17.9 Å². The standard InChI is InChI=1S/C20H24ClN3O3S/c1-3-22-28(26,27)18-8-7-15(2)19(14-18)20(25)24-11-9-23(10-12-24)17-6-4-5-16(21)13-17/h4-8,13-14,22H,3,9-12H2,1-2H3. The van der Waals surface area contributed by atoms with Crippen molar-refractivity contribution >= 4 is 33.2 Å². The fourth-order valence-electron chi connectivity index (χ4n) is 3.28. The number of carbonyl (C=O) groups excluding carboxylic acids is 1. The summed E-state index contributed by atoms with van der Waals surface area (Å²) >= 11 is 6.07. The largest absolute Gasteiger partial charge is 0.368 e. The van der Waals surface area contributed by atoms with Gasteiger partial charge in [-0.2, -0.15) is 0 Å². The minimum Gasteiger partial charge on any atom is -0.368 e. The highest BCUT2D eigenvalue weighted by Crippen LogP contribution is 2.22. The number of rotatable bonds is 5. The molecule has 1 N–H and O–H groups in total. The molecule has 6 nitrogen and oxygen atoms in total. The Labute approximate surface area is 171 Å². The third-order valence-electron chi connectivity index (χ3n) is 4.82. The molecular formula is C20H24ClN3O3S. The summed E-state index contributed by atoms with van der Waals surface area (Å²) in [5, 5.41) is 0.686. The Morgan fingerprint density at radius 1 is 1.11 bits per heavy atom. The van der Waals surface area contributed by atoms with Crippen molar-refractivity contribution in [2.45, 2.75) is 18.7 Å². The van der Waals surface area contributed by atoms with E-state index in [0.717, 1.165) is 11.3 Å². The first kappa shape index (κ1) is 20.6. The monoisotopic (exact) mass is 421 g/mol. The van der Waals surface area contributed by atoms with Gasteiger partial charge in [-0.25, -0.2) is 13.1 Å². The van der Waals surface area contributed by atoms with Gasteiger partial charge in [0.15, 0.2) is 0 Å². The van der Waals surface area contributed by atoms with E-state index >= 15 is 0 Å². The highest BCUT2D eigenvalue weighted by molar-refractivity contribution is 7.89. The van der Waals surface area contributed by atoms with E-state index in [2.05, 4.69) is 9.62 Å². The number of hydrogen-bond donors (Lipinski definition) is 1. The van der Waals surface area contributed by atoms with Gasteiger partial charge in [-0.3, -0.25) is 4.79 Å². The molecule has 1 fully saturated rings. The summed E-state index contributed by atoms with van der Waals surface area (Å²) in [6.45, 7) is 6.35. The van der Waals surface area contributed by atoms with Crippen LogP contribution in [0.1, 0.15) is 22.8 Å². The quantitative estimate of drug-likeness (QED) is 0.805. The van der Waals surface area contributed by atoms with E-state index in [4.69, 9.17) is 11.6 Å². The number of carbonyl (C=O) groups is 1.